The van der Waals surface area contributed by atoms with Gasteiger partial charge in [0.25, 0.3) is 0 Å². The van der Waals surface area contributed by atoms with Gasteiger partial charge in [-0.25, -0.2) is 13.2 Å². The zero-order valence-corrected chi connectivity index (χ0v) is 9.96. The first-order valence-electron chi connectivity index (χ1n) is 5.55. The van der Waals surface area contributed by atoms with Gasteiger partial charge in [-0.3, -0.25) is 0 Å². The predicted molar refractivity (Wildman–Crippen MR) is 60.5 cm³/mol. The number of hydrogen-bond donors (Lipinski definition) is 1. The van der Waals surface area contributed by atoms with Crippen LogP contribution >= 0.6 is 11.6 Å². The van der Waals surface area contributed by atoms with Gasteiger partial charge in [0.2, 0.25) is 0 Å². The molecule has 0 radical (unpaired) electrons. The van der Waals surface area contributed by atoms with Crippen molar-refractivity contribution in [1.82, 2.24) is 0 Å². The van der Waals surface area contributed by atoms with Crippen molar-refractivity contribution in [3.8, 4) is 0 Å². The maximum atomic E-state index is 13.9. The number of halogens is 4. The average molecular weight is 264 g/mol. The SMILES string of the molecule is NCC1(c2cc(F)c(F)c(Cl)c2F)CCCC1. The highest BCUT2D eigenvalue weighted by Gasteiger charge is 2.38. The summed E-state index contributed by atoms with van der Waals surface area (Å²) in [7, 11) is 0. The molecule has 0 amide bonds. The molecule has 1 fully saturated rings. The topological polar surface area (TPSA) is 26.0 Å². The van der Waals surface area contributed by atoms with Crippen molar-refractivity contribution < 1.29 is 13.2 Å². The van der Waals surface area contributed by atoms with Gasteiger partial charge in [0.15, 0.2) is 11.6 Å². The minimum atomic E-state index is -1.34. The van der Waals surface area contributed by atoms with Crippen LogP contribution in [-0.2, 0) is 5.41 Å². The van der Waals surface area contributed by atoms with E-state index < -0.39 is 27.9 Å². The second-order valence-corrected chi connectivity index (χ2v) is 4.92. The number of rotatable bonds is 2. The molecule has 0 aromatic heterocycles. The molecule has 0 atom stereocenters. The fourth-order valence-electron chi connectivity index (χ4n) is 2.59. The minimum Gasteiger partial charge on any atom is -0.330 e. The summed E-state index contributed by atoms with van der Waals surface area (Å²) in [6, 6.07) is 0.898. The van der Waals surface area contributed by atoms with Crippen molar-refractivity contribution in [3.05, 3.63) is 34.1 Å². The molecule has 1 aromatic carbocycles. The van der Waals surface area contributed by atoms with Crippen molar-refractivity contribution in [2.75, 3.05) is 6.54 Å². The molecule has 0 aliphatic heterocycles. The Balaban J connectivity index is 2.59. The molecule has 17 heavy (non-hydrogen) atoms. The Morgan fingerprint density at radius 2 is 1.76 bits per heavy atom. The molecule has 0 saturated heterocycles. The van der Waals surface area contributed by atoms with Gasteiger partial charge in [-0.05, 0) is 24.5 Å². The lowest BCUT2D eigenvalue weighted by molar-refractivity contribution is 0.413. The quantitative estimate of drug-likeness (QED) is 0.641. The number of hydrogen-bond acceptors (Lipinski definition) is 1. The van der Waals surface area contributed by atoms with Crippen LogP contribution in [0.15, 0.2) is 6.07 Å². The van der Waals surface area contributed by atoms with Gasteiger partial charge in [0, 0.05) is 12.0 Å². The van der Waals surface area contributed by atoms with Crippen LogP contribution in [0, 0.1) is 17.5 Å². The maximum Gasteiger partial charge on any atom is 0.180 e. The van der Waals surface area contributed by atoms with Crippen molar-refractivity contribution >= 4 is 11.6 Å². The fraction of sp³-hybridized carbons (Fsp3) is 0.500. The van der Waals surface area contributed by atoms with E-state index >= 15 is 0 Å². The molecule has 1 aliphatic carbocycles. The summed E-state index contributed by atoms with van der Waals surface area (Å²) in [5.74, 6) is -3.33. The van der Waals surface area contributed by atoms with Crippen LogP contribution in [0.2, 0.25) is 5.02 Å². The van der Waals surface area contributed by atoms with Crippen molar-refractivity contribution in [2.45, 2.75) is 31.1 Å². The standard InChI is InChI=1S/C12H13ClF3N/c13-9-10(15)7(5-8(14)11(9)16)12(6-17)3-1-2-4-12/h5H,1-4,6,17H2. The zero-order chi connectivity index (χ0) is 12.6. The molecule has 94 valence electrons. The lowest BCUT2D eigenvalue weighted by Gasteiger charge is -2.28. The van der Waals surface area contributed by atoms with Gasteiger partial charge in [-0.2, -0.15) is 0 Å². The summed E-state index contributed by atoms with van der Waals surface area (Å²) < 4.78 is 40.4. The second kappa shape index (κ2) is 4.50. The van der Waals surface area contributed by atoms with E-state index in [1.165, 1.54) is 0 Å². The molecule has 2 N–H and O–H groups in total. The van der Waals surface area contributed by atoms with Crippen LogP contribution in [0.5, 0.6) is 0 Å². The maximum absolute atomic E-state index is 13.9. The van der Waals surface area contributed by atoms with E-state index in [0.717, 1.165) is 18.9 Å². The normalized spacial score (nSPS) is 18.6. The lowest BCUT2D eigenvalue weighted by atomic mass is 9.78. The van der Waals surface area contributed by atoms with Gasteiger partial charge in [0.05, 0.1) is 0 Å². The third-order valence-corrected chi connectivity index (χ3v) is 3.96. The Morgan fingerprint density at radius 3 is 2.29 bits per heavy atom. The van der Waals surface area contributed by atoms with E-state index in [4.69, 9.17) is 17.3 Å². The predicted octanol–water partition coefficient (Wildman–Crippen LogP) is 3.53. The molecule has 5 heteroatoms. The van der Waals surface area contributed by atoms with Crippen LogP contribution < -0.4 is 5.73 Å². The van der Waals surface area contributed by atoms with E-state index in [0.29, 0.717) is 12.8 Å². The largest absolute Gasteiger partial charge is 0.330 e. The first-order valence-corrected chi connectivity index (χ1v) is 5.93. The summed E-state index contributed by atoms with van der Waals surface area (Å²) in [5.41, 5.74) is 5.20. The van der Waals surface area contributed by atoms with E-state index in [1.54, 1.807) is 0 Å². The molecular formula is C12H13ClF3N. The molecule has 0 unspecified atom stereocenters. The summed E-state index contributed by atoms with van der Waals surface area (Å²) in [4.78, 5) is 0. The highest BCUT2D eigenvalue weighted by Crippen LogP contribution is 2.43. The van der Waals surface area contributed by atoms with Crippen LogP contribution in [-0.4, -0.2) is 6.54 Å². The Hall–Kier alpha value is -0.740. The Bertz CT molecular complexity index is 442. The van der Waals surface area contributed by atoms with Crippen LogP contribution in [0.4, 0.5) is 13.2 Å². The zero-order valence-electron chi connectivity index (χ0n) is 9.20. The van der Waals surface area contributed by atoms with E-state index in [-0.39, 0.29) is 12.1 Å². The van der Waals surface area contributed by atoms with Crippen LogP contribution in [0.25, 0.3) is 0 Å². The van der Waals surface area contributed by atoms with Crippen LogP contribution in [0.1, 0.15) is 31.2 Å². The van der Waals surface area contributed by atoms with Gasteiger partial charge in [0.1, 0.15) is 10.8 Å². The first kappa shape index (κ1) is 12.7. The summed E-state index contributed by atoms with van der Waals surface area (Å²) in [6.07, 6.45) is 3.18. The van der Waals surface area contributed by atoms with E-state index in [2.05, 4.69) is 0 Å². The molecule has 0 heterocycles. The average Bonchev–Trinajstić information content (AvgIpc) is 2.81. The molecule has 2 rings (SSSR count). The lowest BCUT2D eigenvalue weighted by Crippen LogP contribution is -2.33. The summed E-state index contributed by atoms with van der Waals surface area (Å²) >= 11 is 5.45. The monoisotopic (exact) mass is 263 g/mol. The van der Waals surface area contributed by atoms with Gasteiger partial charge in [-0.1, -0.05) is 24.4 Å². The van der Waals surface area contributed by atoms with E-state index in [9.17, 15) is 13.2 Å². The fourth-order valence-corrected chi connectivity index (χ4v) is 2.79. The Kier molecular flexibility index (Phi) is 3.36. The third kappa shape index (κ3) is 1.93. The summed E-state index contributed by atoms with van der Waals surface area (Å²) in [6.45, 7) is 0.214. The highest BCUT2D eigenvalue weighted by molar-refractivity contribution is 6.31. The minimum absolute atomic E-state index is 0.112. The van der Waals surface area contributed by atoms with Gasteiger partial charge < -0.3 is 5.73 Å². The van der Waals surface area contributed by atoms with E-state index in [1.807, 2.05) is 0 Å². The molecule has 1 nitrogen and oxygen atoms in total. The highest BCUT2D eigenvalue weighted by atomic mass is 35.5. The molecular weight excluding hydrogens is 251 g/mol. The van der Waals surface area contributed by atoms with Crippen LogP contribution in [0.3, 0.4) is 0 Å². The van der Waals surface area contributed by atoms with Crippen molar-refractivity contribution in [1.29, 1.82) is 0 Å². The molecule has 1 aromatic rings. The van der Waals surface area contributed by atoms with Crippen molar-refractivity contribution in [2.24, 2.45) is 5.73 Å². The first-order chi connectivity index (χ1) is 8.02. The Morgan fingerprint density at radius 1 is 1.18 bits per heavy atom. The summed E-state index contributed by atoms with van der Waals surface area (Å²) in [5, 5.41) is -0.778. The van der Waals surface area contributed by atoms with Gasteiger partial charge >= 0.3 is 0 Å². The number of benzene rings is 1. The van der Waals surface area contributed by atoms with Gasteiger partial charge in [-0.15, -0.1) is 0 Å². The van der Waals surface area contributed by atoms with Crippen molar-refractivity contribution in [3.63, 3.8) is 0 Å². The number of nitrogens with two attached hydrogens (primary N) is 1. The Labute approximate surface area is 103 Å². The molecule has 0 spiro atoms. The molecule has 1 saturated carbocycles. The third-order valence-electron chi connectivity index (χ3n) is 3.63. The smallest absolute Gasteiger partial charge is 0.180 e. The second-order valence-electron chi connectivity index (χ2n) is 4.54. The molecule has 0 bridgehead atoms. The molecule has 1 aliphatic rings.